The molecule has 24 heavy (non-hydrogen) atoms. The Bertz CT molecular complexity index is 685. The summed E-state index contributed by atoms with van der Waals surface area (Å²) in [5.41, 5.74) is 6.33. The topological polar surface area (TPSA) is 76.4 Å². The van der Waals surface area contributed by atoms with Crippen LogP contribution in [0.5, 0.6) is 11.5 Å². The molecule has 4 N–H and O–H groups in total. The van der Waals surface area contributed by atoms with E-state index in [-0.39, 0.29) is 11.7 Å². The number of amides is 2. The Hall–Kier alpha value is -2.76. The number of carbonyl (C=O) groups excluding carboxylic acids is 1. The van der Waals surface area contributed by atoms with Crippen molar-refractivity contribution in [2.24, 2.45) is 0 Å². The summed E-state index contributed by atoms with van der Waals surface area (Å²) in [4.78, 5) is 11.9. The number of nitrogens with one attached hydrogen (secondary N) is 2. The molecule has 0 radical (unpaired) electrons. The van der Waals surface area contributed by atoms with Crippen molar-refractivity contribution in [3.8, 4) is 11.5 Å². The molecule has 6 heteroatoms. The van der Waals surface area contributed by atoms with Crippen LogP contribution in [0.1, 0.15) is 26.7 Å². The minimum Gasteiger partial charge on any atom is -0.457 e. The van der Waals surface area contributed by atoms with Gasteiger partial charge in [-0.25, -0.2) is 9.18 Å². The highest BCUT2D eigenvalue weighted by atomic mass is 19.1. The fraction of sp³-hybridized carbons (Fsp3) is 0.278. The van der Waals surface area contributed by atoms with Gasteiger partial charge in [0, 0.05) is 17.8 Å². The van der Waals surface area contributed by atoms with Gasteiger partial charge in [0.15, 0.2) is 0 Å². The van der Waals surface area contributed by atoms with Gasteiger partial charge in [0.25, 0.3) is 0 Å². The summed E-state index contributed by atoms with van der Waals surface area (Å²) in [6.45, 7) is 3.97. The number of nitrogens with two attached hydrogens (primary N) is 1. The molecule has 0 aliphatic rings. The molecule has 2 aromatic rings. The van der Waals surface area contributed by atoms with Gasteiger partial charge in [0.2, 0.25) is 0 Å². The first-order valence-electron chi connectivity index (χ1n) is 7.92. The van der Waals surface area contributed by atoms with Crippen LogP contribution in [0.3, 0.4) is 0 Å². The lowest BCUT2D eigenvalue weighted by Crippen LogP contribution is -2.37. The second-order valence-electron chi connectivity index (χ2n) is 5.42. The Morgan fingerprint density at radius 3 is 2.33 bits per heavy atom. The first kappa shape index (κ1) is 17.6. The number of ether oxygens (including phenoxy) is 1. The van der Waals surface area contributed by atoms with Crippen LogP contribution >= 0.6 is 0 Å². The van der Waals surface area contributed by atoms with Crippen molar-refractivity contribution in [3.05, 3.63) is 48.3 Å². The van der Waals surface area contributed by atoms with Gasteiger partial charge in [-0.2, -0.15) is 0 Å². The van der Waals surface area contributed by atoms with E-state index in [0.717, 1.165) is 12.8 Å². The molecule has 128 valence electrons. The fourth-order valence-corrected chi connectivity index (χ4v) is 2.17. The van der Waals surface area contributed by atoms with Crippen LogP contribution in [0.2, 0.25) is 0 Å². The Labute approximate surface area is 141 Å². The van der Waals surface area contributed by atoms with Crippen molar-refractivity contribution >= 4 is 17.4 Å². The number of nitrogen functional groups attached to an aromatic ring is 1. The van der Waals surface area contributed by atoms with Crippen molar-refractivity contribution < 1.29 is 13.9 Å². The van der Waals surface area contributed by atoms with Gasteiger partial charge < -0.3 is 21.1 Å². The highest BCUT2D eigenvalue weighted by Gasteiger charge is 2.11. The summed E-state index contributed by atoms with van der Waals surface area (Å²) >= 11 is 0. The maximum absolute atomic E-state index is 14.1. The molecule has 0 atom stereocenters. The third-order valence-corrected chi connectivity index (χ3v) is 3.63. The zero-order valence-corrected chi connectivity index (χ0v) is 13.8. The van der Waals surface area contributed by atoms with Gasteiger partial charge in [-0.1, -0.05) is 13.8 Å². The predicted octanol–water partition coefficient (Wildman–Crippen LogP) is 4.51. The average molecular weight is 331 g/mol. The van der Waals surface area contributed by atoms with Crippen LogP contribution in [0, 0.1) is 5.82 Å². The molecule has 0 aliphatic heterocycles. The number of urea groups is 1. The second-order valence-corrected chi connectivity index (χ2v) is 5.42. The van der Waals surface area contributed by atoms with Crippen molar-refractivity contribution in [2.75, 3.05) is 11.1 Å². The van der Waals surface area contributed by atoms with Gasteiger partial charge >= 0.3 is 6.03 Å². The molecule has 0 heterocycles. The monoisotopic (exact) mass is 331 g/mol. The van der Waals surface area contributed by atoms with E-state index in [0.29, 0.717) is 17.2 Å². The van der Waals surface area contributed by atoms with E-state index in [1.165, 1.54) is 12.1 Å². The molecular formula is C18H22FN3O2. The van der Waals surface area contributed by atoms with Crippen LogP contribution in [0.25, 0.3) is 0 Å². The Balaban J connectivity index is 2.01. The van der Waals surface area contributed by atoms with E-state index in [4.69, 9.17) is 10.5 Å². The second kappa shape index (κ2) is 8.19. The van der Waals surface area contributed by atoms with Crippen molar-refractivity contribution in [3.63, 3.8) is 0 Å². The highest BCUT2D eigenvalue weighted by molar-refractivity contribution is 5.89. The molecule has 0 bridgehead atoms. The SMILES string of the molecule is CCC(CC)NC(=O)Nc1ccc(Oc2ccc(N)cc2)cc1F. The number of rotatable bonds is 6. The molecule has 2 rings (SSSR count). The van der Waals surface area contributed by atoms with Crippen LogP contribution in [-0.4, -0.2) is 12.1 Å². The molecular weight excluding hydrogens is 309 g/mol. The molecule has 0 spiro atoms. The summed E-state index contributed by atoms with van der Waals surface area (Å²) in [5.74, 6) is 0.321. The largest absolute Gasteiger partial charge is 0.457 e. The number of hydrogen-bond donors (Lipinski definition) is 3. The number of benzene rings is 2. The van der Waals surface area contributed by atoms with E-state index in [2.05, 4.69) is 10.6 Å². The Morgan fingerprint density at radius 2 is 1.75 bits per heavy atom. The maximum atomic E-state index is 14.1. The molecule has 0 fully saturated rings. The molecule has 2 amide bonds. The van der Waals surface area contributed by atoms with Gasteiger partial charge in [0.1, 0.15) is 17.3 Å². The van der Waals surface area contributed by atoms with Crippen LogP contribution in [0.4, 0.5) is 20.6 Å². The molecule has 0 unspecified atom stereocenters. The zero-order valence-electron chi connectivity index (χ0n) is 13.8. The molecule has 0 saturated heterocycles. The molecule has 5 nitrogen and oxygen atoms in total. The smallest absolute Gasteiger partial charge is 0.319 e. The van der Waals surface area contributed by atoms with Crippen LogP contribution < -0.4 is 21.1 Å². The van der Waals surface area contributed by atoms with Gasteiger partial charge in [-0.3, -0.25) is 0 Å². The maximum Gasteiger partial charge on any atom is 0.319 e. The normalized spacial score (nSPS) is 10.5. The molecule has 2 aromatic carbocycles. The lowest BCUT2D eigenvalue weighted by atomic mass is 10.2. The number of hydrogen-bond acceptors (Lipinski definition) is 3. The summed E-state index contributed by atoms with van der Waals surface area (Å²) in [6, 6.07) is 10.7. The van der Waals surface area contributed by atoms with Crippen molar-refractivity contribution in [1.82, 2.24) is 5.32 Å². The first-order chi connectivity index (χ1) is 11.5. The van der Waals surface area contributed by atoms with Gasteiger partial charge in [-0.15, -0.1) is 0 Å². The zero-order chi connectivity index (χ0) is 17.5. The summed E-state index contributed by atoms with van der Waals surface area (Å²) in [5, 5.41) is 5.30. The third-order valence-electron chi connectivity index (χ3n) is 3.63. The van der Waals surface area contributed by atoms with E-state index in [1.807, 2.05) is 13.8 Å². The van der Waals surface area contributed by atoms with Crippen LogP contribution in [0.15, 0.2) is 42.5 Å². The summed E-state index contributed by atoms with van der Waals surface area (Å²) in [6.07, 6.45) is 1.64. The minimum absolute atomic E-state index is 0.0705. The van der Waals surface area contributed by atoms with E-state index in [9.17, 15) is 9.18 Å². The lowest BCUT2D eigenvalue weighted by Gasteiger charge is -2.16. The Morgan fingerprint density at radius 1 is 1.12 bits per heavy atom. The average Bonchev–Trinajstić information content (AvgIpc) is 2.57. The first-order valence-corrected chi connectivity index (χ1v) is 7.92. The van der Waals surface area contributed by atoms with E-state index in [1.54, 1.807) is 30.3 Å². The standard InChI is InChI=1S/C18H22FN3O2/c1-3-13(4-2)21-18(23)22-17-10-9-15(11-16(17)19)24-14-7-5-12(20)6-8-14/h5-11,13H,3-4,20H2,1-2H3,(H2,21,22,23). The third kappa shape index (κ3) is 4.87. The van der Waals surface area contributed by atoms with Crippen LogP contribution in [-0.2, 0) is 0 Å². The highest BCUT2D eigenvalue weighted by Crippen LogP contribution is 2.26. The van der Waals surface area contributed by atoms with Gasteiger partial charge in [0.05, 0.1) is 5.69 Å². The summed E-state index contributed by atoms with van der Waals surface area (Å²) < 4.78 is 19.7. The minimum atomic E-state index is -0.567. The molecule has 0 aliphatic carbocycles. The Kier molecular flexibility index (Phi) is 6.01. The van der Waals surface area contributed by atoms with Gasteiger partial charge in [-0.05, 0) is 49.2 Å². The molecule has 0 saturated carbocycles. The quantitative estimate of drug-likeness (QED) is 0.682. The van der Waals surface area contributed by atoms with E-state index < -0.39 is 11.8 Å². The van der Waals surface area contributed by atoms with E-state index >= 15 is 0 Å². The van der Waals surface area contributed by atoms with Crippen molar-refractivity contribution in [1.29, 1.82) is 0 Å². The number of anilines is 2. The van der Waals surface area contributed by atoms with Crippen molar-refractivity contribution in [2.45, 2.75) is 32.7 Å². The number of halogens is 1. The number of carbonyl (C=O) groups is 1. The fourth-order valence-electron chi connectivity index (χ4n) is 2.17. The predicted molar refractivity (Wildman–Crippen MR) is 93.9 cm³/mol. The molecule has 0 aromatic heterocycles. The summed E-state index contributed by atoms with van der Waals surface area (Å²) in [7, 11) is 0. The lowest BCUT2D eigenvalue weighted by molar-refractivity contribution is 0.247.